The van der Waals surface area contributed by atoms with Crippen molar-refractivity contribution in [3.63, 3.8) is 0 Å². The molecule has 0 aliphatic rings. The topological polar surface area (TPSA) is 35.2 Å². The predicted molar refractivity (Wildman–Crippen MR) is 65.3 cm³/mol. The van der Waals surface area contributed by atoms with Gasteiger partial charge in [0.25, 0.3) is 0 Å². The maximum atomic E-state index is 5.77. The second-order valence-corrected chi connectivity index (χ2v) is 4.04. The van der Waals surface area contributed by atoms with Crippen LogP contribution in [0, 0.1) is 13.8 Å². The first kappa shape index (κ1) is 11.9. The van der Waals surface area contributed by atoms with E-state index in [4.69, 9.17) is 10.5 Å². The molecule has 2 N–H and O–H groups in total. The maximum absolute atomic E-state index is 5.77. The molecule has 1 aromatic rings. The number of unbranched alkanes of at least 4 members (excludes halogenated alkanes) is 2. The van der Waals surface area contributed by atoms with Crippen LogP contribution in [0.2, 0.25) is 0 Å². The summed E-state index contributed by atoms with van der Waals surface area (Å²) in [6, 6.07) is 3.92. The number of nitrogens with two attached hydrogens (primary N) is 1. The first-order valence-electron chi connectivity index (χ1n) is 5.64. The third kappa shape index (κ3) is 3.46. The van der Waals surface area contributed by atoms with Gasteiger partial charge in [0.2, 0.25) is 0 Å². The van der Waals surface area contributed by atoms with E-state index < -0.39 is 0 Å². The zero-order valence-electron chi connectivity index (χ0n) is 9.97. The molecule has 2 heteroatoms. The van der Waals surface area contributed by atoms with E-state index in [1.807, 2.05) is 26.0 Å². The van der Waals surface area contributed by atoms with Gasteiger partial charge in [-0.2, -0.15) is 0 Å². The molecule has 0 spiro atoms. The molecule has 1 aromatic carbocycles. The van der Waals surface area contributed by atoms with Crippen LogP contribution < -0.4 is 10.5 Å². The normalized spacial score (nSPS) is 10.3. The lowest BCUT2D eigenvalue weighted by molar-refractivity contribution is 0.302. The fourth-order valence-corrected chi connectivity index (χ4v) is 1.74. The SMILES string of the molecule is CCCCCOc1c(C)cc(N)cc1C. The van der Waals surface area contributed by atoms with Crippen molar-refractivity contribution in [2.45, 2.75) is 40.0 Å². The summed E-state index contributed by atoms with van der Waals surface area (Å²) in [5, 5.41) is 0. The summed E-state index contributed by atoms with van der Waals surface area (Å²) >= 11 is 0. The highest BCUT2D eigenvalue weighted by molar-refractivity contribution is 5.52. The number of anilines is 1. The minimum Gasteiger partial charge on any atom is -0.493 e. The van der Waals surface area contributed by atoms with E-state index in [-0.39, 0.29) is 0 Å². The Morgan fingerprint density at radius 2 is 1.73 bits per heavy atom. The highest BCUT2D eigenvalue weighted by atomic mass is 16.5. The summed E-state index contributed by atoms with van der Waals surface area (Å²) in [4.78, 5) is 0. The molecule has 15 heavy (non-hydrogen) atoms. The van der Waals surface area contributed by atoms with Crippen molar-refractivity contribution >= 4 is 5.69 Å². The van der Waals surface area contributed by atoms with Crippen molar-refractivity contribution in [3.8, 4) is 5.75 Å². The largest absolute Gasteiger partial charge is 0.493 e. The van der Waals surface area contributed by atoms with Crippen LogP contribution in [0.25, 0.3) is 0 Å². The molecule has 2 nitrogen and oxygen atoms in total. The molecule has 0 heterocycles. The van der Waals surface area contributed by atoms with E-state index in [0.29, 0.717) is 0 Å². The minimum atomic E-state index is 0.805. The van der Waals surface area contributed by atoms with Crippen molar-refractivity contribution in [1.82, 2.24) is 0 Å². The van der Waals surface area contributed by atoms with Gasteiger partial charge in [0.15, 0.2) is 0 Å². The monoisotopic (exact) mass is 207 g/mol. The molecule has 0 aliphatic carbocycles. The molecule has 0 aliphatic heterocycles. The van der Waals surface area contributed by atoms with E-state index in [0.717, 1.165) is 35.6 Å². The van der Waals surface area contributed by atoms with Gasteiger partial charge in [0.05, 0.1) is 6.61 Å². The summed E-state index contributed by atoms with van der Waals surface area (Å²) in [7, 11) is 0. The van der Waals surface area contributed by atoms with E-state index in [1.165, 1.54) is 12.8 Å². The van der Waals surface area contributed by atoms with Crippen molar-refractivity contribution in [2.24, 2.45) is 0 Å². The lowest BCUT2D eigenvalue weighted by atomic mass is 10.1. The third-order valence-electron chi connectivity index (χ3n) is 2.48. The Hall–Kier alpha value is -1.18. The van der Waals surface area contributed by atoms with Crippen molar-refractivity contribution < 1.29 is 4.74 Å². The van der Waals surface area contributed by atoms with Crippen LogP contribution in [0.1, 0.15) is 37.3 Å². The molecule has 0 unspecified atom stereocenters. The lowest BCUT2D eigenvalue weighted by Gasteiger charge is -2.12. The Morgan fingerprint density at radius 3 is 2.27 bits per heavy atom. The Labute approximate surface area is 92.4 Å². The number of benzene rings is 1. The summed E-state index contributed by atoms with van der Waals surface area (Å²) in [5.74, 6) is 1.00. The highest BCUT2D eigenvalue weighted by Crippen LogP contribution is 2.25. The minimum absolute atomic E-state index is 0.805. The standard InChI is InChI=1S/C13H21NO/c1-4-5-6-7-15-13-10(2)8-12(14)9-11(13)3/h8-9H,4-7,14H2,1-3H3. The predicted octanol–water partition coefficient (Wildman–Crippen LogP) is 3.45. The molecule has 0 bridgehead atoms. The quantitative estimate of drug-likeness (QED) is 0.593. The van der Waals surface area contributed by atoms with E-state index in [2.05, 4.69) is 6.92 Å². The van der Waals surface area contributed by atoms with Gasteiger partial charge in [-0.1, -0.05) is 19.8 Å². The molecule has 0 amide bonds. The van der Waals surface area contributed by atoms with Gasteiger partial charge in [0.1, 0.15) is 5.75 Å². The maximum Gasteiger partial charge on any atom is 0.125 e. The van der Waals surface area contributed by atoms with E-state index >= 15 is 0 Å². The number of hydrogen-bond donors (Lipinski definition) is 1. The molecule has 1 rings (SSSR count). The first-order chi connectivity index (χ1) is 7.15. The zero-order chi connectivity index (χ0) is 11.3. The van der Waals surface area contributed by atoms with Crippen molar-refractivity contribution in [1.29, 1.82) is 0 Å². The second kappa shape index (κ2) is 5.64. The molecule has 84 valence electrons. The van der Waals surface area contributed by atoms with Crippen LogP contribution in [-0.2, 0) is 0 Å². The molecule has 0 fully saturated rings. The summed E-state index contributed by atoms with van der Waals surface area (Å²) in [5.41, 5.74) is 8.82. The van der Waals surface area contributed by atoms with E-state index in [1.54, 1.807) is 0 Å². The Bertz CT molecular complexity index is 297. The van der Waals surface area contributed by atoms with Gasteiger partial charge in [-0.3, -0.25) is 0 Å². The lowest BCUT2D eigenvalue weighted by Crippen LogP contribution is -2.01. The number of nitrogen functional groups attached to an aromatic ring is 1. The highest BCUT2D eigenvalue weighted by Gasteiger charge is 2.04. The summed E-state index contributed by atoms with van der Waals surface area (Å²) < 4.78 is 5.77. The van der Waals surface area contributed by atoms with Crippen LogP contribution in [0.3, 0.4) is 0 Å². The van der Waals surface area contributed by atoms with Gasteiger partial charge in [-0.05, 0) is 43.5 Å². The average molecular weight is 207 g/mol. The Balaban J connectivity index is 2.60. The fourth-order valence-electron chi connectivity index (χ4n) is 1.74. The van der Waals surface area contributed by atoms with Gasteiger partial charge in [0, 0.05) is 5.69 Å². The van der Waals surface area contributed by atoms with Crippen LogP contribution in [0.5, 0.6) is 5.75 Å². The van der Waals surface area contributed by atoms with Crippen LogP contribution >= 0.6 is 0 Å². The Morgan fingerprint density at radius 1 is 1.13 bits per heavy atom. The zero-order valence-corrected chi connectivity index (χ0v) is 9.97. The van der Waals surface area contributed by atoms with Crippen LogP contribution in [0.15, 0.2) is 12.1 Å². The first-order valence-corrected chi connectivity index (χ1v) is 5.64. The number of ether oxygens (including phenoxy) is 1. The fraction of sp³-hybridized carbons (Fsp3) is 0.538. The summed E-state index contributed by atoms with van der Waals surface area (Å²) in [6.07, 6.45) is 3.58. The van der Waals surface area contributed by atoms with Crippen LogP contribution in [0.4, 0.5) is 5.69 Å². The molecule has 0 aromatic heterocycles. The van der Waals surface area contributed by atoms with Gasteiger partial charge in [-0.15, -0.1) is 0 Å². The third-order valence-corrected chi connectivity index (χ3v) is 2.48. The molecular weight excluding hydrogens is 186 g/mol. The molecular formula is C13H21NO. The van der Waals surface area contributed by atoms with E-state index in [9.17, 15) is 0 Å². The second-order valence-electron chi connectivity index (χ2n) is 4.04. The summed E-state index contributed by atoms with van der Waals surface area (Å²) in [6.45, 7) is 7.08. The number of aryl methyl sites for hydroxylation is 2. The van der Waals surface area contributed by atoms with Crippen molar-refractivity contribution in [3.05, 3.63) is 23.3 Å². The van der Waals surface area contributed by atoms with Gasteiger partial charge >= 0.3 is 0 Å². The van der Waals surface area contributed by atoms with Crippen LogP contribution in [-0.4, -0.2) is 6.61 Å². The molecule has 0 saturated carbocycles. The van der Waals surface area contributed by atoms with Gasteiger partial charge in [-0.25, -0.2) is 0 Å². The van der Waals surface area contributed by atoms with Gasteiger partial charge < -0.3 is 10.5 Å². The Kier molecular flexibility index (Phi) is 4.47. The average Bonchev–Trinajstić information content (AvgIpc) is 2.15. The molecule has 0 atom stereocenters. The van der Waals surface area contributed by atoms with Crippen molar-refractivity contribution in [2.75, 3.05) is 12.3 Å². The number of rotatable bonds is 5. The number of hydrogen-bond acceptors (Lipinski definition) is 2. The smallest absolute Gasteiger partial charge is 0.125 e. The molecule has 0 saturated heterocycles. The molecule has 0 radical (unpaired) electrons.